The van der Waals surface area contributed by atoms with Crippen LogP contribution in [0.2, 0.25) is 0 Å². The third kappa shape index (κ3) is 5.17. The summed E-state index contributed by atoms with van der Waals surface area (Å²) in [5.41, 5.74) is 1.27. The highest BCUT2D eigenvalue weighted by Gasteiger charge is 2.31. The number of aryl methyl sites for hydroxylation is 1. The molecule has 1 N–H and O–H groups in total. The Labute approximate surface area is 161 Å². The molecular weight excluding hydrogens is 360 g/mol. The van der Waals surface area contributed by atoms with E-state index < -0.39 is 10.0 Å². The summed E-state index contributed by atoms with van der Waals surface area (Å²) in [7, 11) is -3.46. The number of sulfonamides is 1. The zero-order valence-electron chi connectivity index (χ0n) is 15.4. The van der Waals surface area contributed by atoms with E-state index in [0.29, 0.717) is 37.4 Å². The summed E-state index contributed by atoms with van der Waals surface area (Å²) in [6.07, 6.45) is 2.97. The predicted molar refractivity (Wildman–Crippen MR) is 106 cm³/mol. The lowest BCUT2D eigenvalue weighted by molar-refractivity contribution is -0.126. The minimum Gasteiger partial charge on any atom is -0.356 e. The number of hydrogen-bond donors (Lipinski definition) is 1. The van der Waals surface area contributed by atoms with Gasteiger partial charge in [-0.2, -0.15) is 4.31 Å². The normalized spacial score (nSPS) is 16.1. The Bertz CT molecular complexity index is 830. The molecule has 1 fully saturated rings. The van der Waals surface area contributed by atoms with E-state index in [1.807, 2.05) is 18.2 Å². The molecule has 2 aromatic rings. The third-order valence-electron chi connectivity index (χ3n) is 4.99. The van der Waals surface area contributed by atoms with Crippen molar-refractivity contribution in [1.82, 2.24) is 9.62 Å². The lowest BCUT2D eigenvalue weighted by Crippen LogP contribution is -2.43. The highest BCUT2D eigenvalue weighted by molar-refractivity contribution is 7.89. The quantitative estimate of drug-likeness (QED) is 0.744. The summed E-state index contributed by atoms with van der Waals surface area (Å²) in [5.74, 6) is -0.0660. The van der Waals surface area contributed by atoms with Crippen LogP contribution in [0.1, 0.15) is 24.8 Å². The second-order valence-electron chi connectivity index (χ2n) is 6.87. The van der Waals surface area contributed by atoms with E-state index in [1.54, 1.807) is 30.3 Å². The number of amides is 1. The molecular formula is C21H26N2O3S. The Morgan fingerprint density at radius 1 is 0.963 bits per heavy atom. The summed E-state index contributed by atoms with van der Waals surface area (Å²) >= 11 is 0. The minimum absolute atomic E-state index is 0.0415. The molecule has 1 amide bonds. The van der Waals surface area contributed by atoms with Gasteiger partial charge in [0.05, 0.1) is 4.90 Å². The predicted octanol–water partition coefficient (Wildman–Crippen LogP) is 2.84. The van der Waals surface area contributed by atoms with E-state index in [-0.39, 0.29) is 11.8 Å². The average Bonchev–Trinajstić information content (AvgIpc) is 2.72. The maximum Gasteiger partial charge on any atom is 0.243 e. The number of carbonyl (C=O) groups excluding carboxylic acids is 1. The first-order valence-corrected chi connectivity index (χ1v) is 10.9. The molecule has 1 saturated heterocycles. The smallest absolute Gasteiger partial charge is 0.243 e. The zero-order chi connectivity index (χ0) is 19.1. The third-order valence-corrected chi connectivity index (χ3v) is 6.90. The van der Waals surface area contributed by atoms with Crippen LogP contribution >= 0.6 is 0 Å². The maximum atomic E-state index is 12.6. The molecule has 1 aliphatic heterocycles. The molecule has 2 aromatic carbocycles. The molecule has 0 atom stereocenters. The first-order chi connectivity index (χ1) is 13.1. The summed E-state index contributed by atoms with van der Waals surface area (Å²) in [4.78, 5) is 12.7. The molecule has 0 bridgehead atoms. The van der Waals surface area contributed by atoms with Crippen molar-refractivity contribution in [1.29, 1.82) is 0 Å². The fourth-order valence-corrected chi connectivity index (χ4v) is 4.88. The van der Waals surface area contributed by atoms with Gasteiger partial charge in [0.1, 0.15) is 0 Å². The fraction of sp³-hybridized carbons (Fsp3) is 0.381. The molecule has 0 aliphatic carbocycles. The molecule has 1 aliphatic rings. The van der Waals surface area contributed by atoms with Crippen molar-refractivity contribution in [3.63, 3.8) is 0 Å². The van der Waals surface area contributed by atoms with Crippen molar-refractivity contribution in [3.8, 4) is 0 Å². The number of nitrogens with one attached hydrogen (secondary N) is 1. The van der Waals surface area contributed by atoms with Gasteiger partial charge in [0, 0.05) is 25.6 Å². The van der Waals surface area contributed by atoms with Crippen LogP contribution in [0.15, 0.2) is 65.6 Å². The molecule has 0 spiro atoms. The minimum atomic E-state index is -3.46. The summed E-state index contributed by atoms with van der Waals surface area (Å²) in [5, 5.41) is 3.00. The highest BCUT2D eigenvalue weighted by Crippen LogP contribution is 2.23. The van der Waals surface area contributed by atoms with E-state index in [2.05, 4.69) is 17.4 Å². The Hall–Kier alpha value is -2.18. The number of piperidine rings is 1. The molecule has 6 heteroatoms. The Morgan fingerprint density at radius 3 is 2.19 bits per heavy atom. The monoisotopic (exact) mass is 386 g/mol. The number of nitrogens with zero attached hydrogens (tertiary/aromatic N) is 1. The average molecular weight is 387 g/mol. The van der Waals surface area contributed by atoms with Gasteiger partial charge in [-0.3, -0.25) is 4.79 Å². The van der Waals surface area contributed by atoms with Gasteiger partial charge in [0.2, 0.25) is 15.9 Å². The standard InChI is InChI=1S/C21H26N2O3S/c24-21(22-15-7-10-18-8-3-1-4-9-18)19-13-16-23(17-14-19)27(25,26)20-11-5-2-6-12-20/h1-6,8-9,11-12,19H,7,10,13-17H2,(H,22,24). The van der Waals surface area contributed by atoms with Gasteiger partial charge >= 0.3 is 0 Å². The number of hydrogen-bond acceptors (Lipinski definition) is 3. The molecule has 1 heterocycles. The van der Waals surface area contributed by atoms with Crippen LogP contribution in [0.5, 0.6) is 0 Å². The fourth-order valence-electron chi connectivity index (χ4n) is 3.39. The largest absolute Gasteiger partial charge is 0.356 e. The van der Waals surface area contributed by atoms with Crippen LogP contribution in [0, 0.1) is 5.92 Å². The first kappa shape index (κ1) is 19.6. The van der Waals surface area contributed by atoms with Gasteiger partial charge in [-0.1, -0.05) is 48.5 Å². The van der Waals surface area contributed by atoms with Gasteiger partial charge in [-0.05, 0) is 43.4 Å². The Kier molecular flexibility index (Phi) is 6.63. The maximum absolute atomic E-state index is 12.6. The number of carbonyl (C=O) groups is 1. The highest BCUT2D eigenvalue weighted by atomic mass is 32.2. The van der Waals surface area contributed by atoms with Crippen LogP contribution in [-0.2, 0) is 21.2 Å². The van der Waals surface area contributed by atoms with Crippen molar-refractivity contribution in [2.45, 2.75) is 30.6 Å². The second kappa shape index (κ2) is 9.15. The van der Waals surface area contributed by atoms with Crippen LogP contribution in [0.4, 0.5) is 0 Å². The molecule has 3 rings (SSSR count). The first-order valence-electron chi connectivity index (χ1n) is 9.44. The summed E-state index contributed by atoms with van der Waals surface area (Å²) < 4.78 is 26.8. The van der Waals surface area contributed by atoms with Gasteiger partial charge in [-0.25, -0.2) is 8.42 Å². The van der Waals surface area contributed by atoms with Crippen molar-refractivity contribution in [3.05, 3.63) is 66.2 Å². The summed E-state index contributed by atoms with van der Waals surface area (Å²) in [6.45, 7) is 1.43. The van der Waals surface area contributed by atoms with E-state index in [1.165, 1.54) is 9.87 Å². The molecule has 0 unspecified atom stereocenters. The van der Waals surface area contributed by atoms with Gasteiger partial charge < -0.3 is 5.32 Å². The van der Waals surface area contributed by atoms with Crippen molar-refractivity contribution >= 4 is 15.9 Å². The molecule has 27 heavy (non-hydrogen) atoms. The van der Waals surface area contributed by atoms with Gasteiger partial charge in [-0.15, -0.1) is 0 Å². The van der Waals surface area contributed by atoms with Crippen LogP contribution < -0.4 is 5.32 Å². The van der Waals surface area contributed by atoms with E-state index in [4.69, 9.17) is 0 Å². The Morgan fingerprint density at radius 2 is 1.56 bits per heavy atom. The van der Waals surface area contributed by atoms with Gasteiger partial charge in [0.25, 0.3) is 0 Å². The molecule has 0 aromatic heterocycles. The number of benzene rings is 2. The van der Waals surface area contributed by atoms with Crippen LogP contribution in [0.3, 0.4) is 0 Å². The lowest BCUT2D eigenvalue weighted by Gasteiger charge is -2.30. The van der Waals surface area contributed by atoms with Crippen LogP contribution in [0.25, 0.3) is 0 Å². The second-order valence-corrected chi connectivity index (χ2v) is 8.81. The molecule has 0 radical (unpaired) electrons. The molecule has 144 valence electrons. The zero-order valence-corrected chi connectivity index (χ0v) is 16.2. The van der Waals surface area contributed by atoms with Gasteiger partial charge in [0.15, 0.2) is 0 Å². The lowest BCUT2D eigenvalue weighted by atomic mass is 9.97. The van der Waals surface area contributed by atoms with Crippen molar-refractivity contribution < 1.29 is 13.2 Å². The van der Waals surface area contributed by atoms with E-state index >= 15 is 0 Å². The van der Waals surface area contributed by atoms with E-state index in [9.17, 15) is 13.2 Å². The van der Waals surface area contributed by atoms with Crippen molar-refractivity contribution in [2.24, 2.45) is 5.92 Å². The molecule has 5 nitrogen and oxygen atoms in total. The van der Waals surface area contributed by atoms with Crippen LogP contribution in [-0.4, -0.2) is 38.3 Å². The molecule has 0 saturated carbocycles. The number of rotatable bonds is 7. The SMILES string of the molecule is O=C(NCCCc1ccccc1)C1CCN(S(=O)(=O)c2ccccc2)CC1. The topological polar surface area (TPSA) is 66.5 Å². The Balaban J connectivity index is 1.43. The van der Waals surface area contributed by atoms with Crippen molar-refractivity contribution in [2.75, 3.05) is 19.6 Å². The summed E-state index contributed by atoms with van der Waals surface area (Å²) in [6, 6.07) is 18.7. The van der Waals surface area contributed by atoms with E-state index in [0.717, 1.165) is 12.8 Å².